The second-order valence-corrected chi connectivity index (χ2v) is 8.75. The number of carboxylic acid groups (broad SMARTS) is 1. The van der Waals surface area contributed by atoms with E-state index in [1.165, 1.54) is 21.3 Å². The van der Waals surface area contributed by atoms with Gasteiger partial charge in [-0.15, -0.1) is 16.4 Å². The van der Waals surface area contributed by atoms with Gasteiger partial charge >= 0.3 is 12.1 Å². The lowest BCUT2D eigenvalue weighted by Crippen LogP contribution is -2.55. The molecule has 1 amide bonds. The number of nitrogens with zero attached hydrogens (tertiary/aromatic N) is 2. The van der Waals surface area contributed by atoms with E-state index < -0.39 is 42.5 Å². The third-order valence-electron chi connectivity index (χ3n) is 5.43. The van der Waals surface area contributed by atoms with Crippen LogP contribution in [-0.4, -0.2) is 50.8 Å². The fourth-order valence-corrected chi connectivity index (χ4v) is 4.33. The molecule has 0 radical (unpaired) electrons. The summed E-state index contributed by atoms with van der Waals surface area (Å²) in [6, 6.07) is 4.44. The molecule has 1 aliphatic carbocycles. The molecule has 1 aliphatic rings. The average molecular weight is 555 g/mol. The van der Waals surface area contributed by atoms with E-state index in [4.69, 9.17) is 15.6 Å². The normalized spacial score (nSPS) is 19.3. The van der Waals surface area contributed by atoms with Crippen molar-refractivity contribution < 1.29 is 45.4 Å². The van der Waals surface area contributed by atoms with Crippen LogP contribution in [0.4, 0.5) is 42.2 Å². The van der Waals surface area contributed by atoms with Crippen LogP contribution in [0.5, 0.6) is 0 Å². The predicted octanol–water partition coefficient (Wildman–Crippen LogP) is 5.15. The zero-order valence-corrected chi connectivity index (χ0v) is 19.4. The number of hydrogen-bond acceptors (Lipinski definition) is 6. The Bertz CT molecular complexity index is 1260. The number of anilines is 2. The maximum absolute atomic E-state index is 13.9. The summed E-state index contributed by atoms with van der Waals surface area (Å²) in [6.07, 6.45) is -7.22. The average Bonchev–Trinajstić information content (AvgIpc) is 3.43. The molecule has 0 spiro atoms. The number of fused-ring (bicyclic) bond motifs is 1. The molecule has 0 aromatic carbocycles. The monoisotopic (exact) mass is 555 g/mol. The van der Waals surface area contributed by atoms with Gasteiger partial charge in [-0.1, -0.05) is 0 Å². The zero-order chi connectivity index (χ0) is 27.5. The number of rotatable bonds is 5. The van der Waals surface area contributed by atoms with Crippen molar-refractivity contribution in [3.8, 4) is 0 Å². The SMILES string of the molecule is N[C@@H]1[C@H](Nc2ccc3ccc(C(=O)Nc4cscc4C(F)F)n3n2)CCCC1(F)F.O=C(O)C(F)(F)F. The number of halogens is 7. The summed E-state index contributed by atoms with van der Waals surface area (Å²) in [6.45, 7) is 0. The smallest absolute Gasteiger partial charge is 0.475 e. The summed E-state index contributed by atoms with van der Waals surface area (Å²) in [5.41, 5.74) is 6.22. The molecule has 1 fully saturated rings. The fraction of sp³-hybridized carbons (Fsp3) is 0.381. The molecule has 4 rings (SSSR count). The van der Waals surface area contributed by atoms with Crippen LogP contribution in [-0.2, 0) is 4.79 Å². The number of nitrogens with two attached hydrogens (primary N) is 1. The summed E-state index contributed by atoms with van der Waals surface area (Å²) in [5.74, 6) is -6.04. The Balaban J connectivity index is 0.000000479. The van der Waals surface area contributed by atoms with Gasteiger partial charge < -0.3 is 21.5 Å². The number of alkyl halides is 7. The molecule has 5 N–H and O–H groups in total. The second kappa shape index (κ2) is 10.9. The lowest BCUT2D eigenvalue weighted by molar-refractivity contribution is -0.192. The van der Waals surface area contributed by atoms with Gasteiger partial charge in [0.05, 0.1) is 22.8 Å². The van der Waals surface area contributed by atoms with E-state index in [1.54, 1.807) is 18.2 Å². The molecular weight excluding hydrogens is 535 g/mol. The summed E-state index contributed by atoms with van der Waals surface area (Å²) >= 11 is 1.06. The lowest BCUT2D eigenvalue weighted by Gasteiger charge is -2.36. The van der Waals surface area contributed by atoms with E-state index in [0.717, 1.165) is 11.3 Å². The van der Waals surface area contributed by atoms with Crippen LogP contribution in [0.2, 0.25) is 0 Å². The summed E-state index contributed by atoms with van der Waals surface area (Å²) in [5, 5.41) is 19.6. The fourth-order valence-electron chi connectivity index (χ4n) is 3.55. The Morgan fingerprint density at radius 3 is 2.46 bits per heavy atom. The van der Waals surface area contributed by atoms with E-state index in [2.05, 4.69) is 15.7 Å². The molecule has 2 atom stereocenters. The molecule has 16 heteroatoms. The van der Waals surface area contributed by atoms with Gasteiger partial charge in [0.15, 0.2) is 0 Å². The number of aliphatic carboxylic acids is 1. The van der Waals surface area contributed by atoms with Crippen LogP contribution >= 0.6 is 11.3 Å². The minimum atomic E-state index is -5.08. The summed E-state index contributed by atoms with van der Waals surface area (Å²) < 4.78 is 86.9. The van der Waals surface area contributed by atoms with Crippen LogP contribution in [0.25, 0.3) is 5.52 Å². The van der Waals surface area contributed by atoms with Crippen molar-refractivity contribution in [1.82, 2.24) is 9.61 Å². The Labute approximate surface area is 208 Å². The molecule has 0 bridgehead atoms. The van der Waals surface area contributed by atoms with Crippen molar-refractivity contribution >= 4 is 40.2 Å². The molecule has 8 nitrogen and oxygen atoms in total. The van der Waals surface area contributed by atoms with Gasteiger partial charge in [0.2, 0.25) is 0 Å². The summed E-state index contributed by atoms with van der Waals surface area (Å²) in [7, 11) is 0. The van der Waals surface area contributed by atoms with E-state index in [1.807, 2.05) is 0 Å². The highest BCUT2D eigenvalue weighted by Gasteiger charge is 2.44. The Hall–Kier alpha value is -3.40. The molecule has 0 aliphatic heterocycles. The topological polar surface area (TPSA) is 122 Å². The number of carbonyl (C=O) groups excluding carboxylic acids is 1. The highest BCUT2D eigenvalue weighted by Crippen LogP contribution is 2.34. The largest absolute Gasteiger partial charge is 0.490 e. The van der Waals surface area contributed by atoms with Crippen molar-refractivity contribution in [3.63, 3.8) is 0 Å². The van der Waals surface area contributed by atoms with Crippen molar-refractivity contribution in [2.75, 3.05) is 10.6 Å². The quantitative estimate of drug-likeness (QED) is 0.324. The molecule has 3 aromatic rings. The first-order valence-electron chi connectivity index (χ1n) is 10.5. The number of amides is 1. The number of nitrogens with one attached hydrogen (secondary N) is 2. The van der Waals surface area contributed by atoms with Crippen molar-refractivity contribution in [2.45, 2.75) is 49.9 Å². The van der Waals surface area contributed by atoms with Crippen LogP contribution in [0.15, 0.2) is 35.0 Å². The Morgan fingerprint density at radius 1 is 1.19 bits per heavy atom. The first-order chi connectivity index (χ1) is 17.2. The molecular formula is C21H20F7N5O3S. The van der Waals surface area contributed by atoms with Gasteiger partial charge in [-0.2, -0.15) is 13.2 Å². The number of carbonyl (C=O) groups is 2. The standard InChI is InChI=1S/C19H19F4N5OS.C2HF3O2/c20-17(21)11-8-30-9-13(11)26-18(29)14-5-3-10-4-6-15(27-28(10)14)25-12-2-1-7-19(22,23)16(12)24;3-2(4,5)1(6)7/h3-6,8-9,12,16-17H,1-2,7,24H2,(H,25,27)(H,26,29);(H,6,7)/t12-,16-;/m1./s1. The van der Waals surface area contributed by atoms with E-state index in [0.29, 0.717) is 18.4 Å². The number of carboxylic acids is 1. The van der Waals surface area contributed by atoms with E-state index in [-0.39, 0.29) is 29.2 Å². The van der Waals surface area contributed by atoms with Crippen LogP contribution in [0.1, 0.15) is 41.7 Å². The predicted molar refractivity (Wildman–Crippen MR) is 120 cm³/mol. The van der Waals surface area contributed by atoms with Gasteiger partial charge in [-0.3, -0.25) is 4.79 Å². The summed E-state index contributed by atoms with van der Waals surface area (Å²) in [4.78, 5) is 21.5. The van der Waals surface area contributed by atoms with E-state index in [9.17, 15) is 35.5 Å². The van der Waals surface area contributed by atoms with Gasteiger partial charge in [0, 0.05) is 23.2 Å². The second-order valence-electron chi connectivity index (χ2n) is 8.00. The molecule has 0 unspecified atom stereocenters. The van der Waals surface area contributed by atoms with Crippen LogP contribution in [0, 0.1) is 0 Å². The minimum absolute atomic E-state index is 0.0413. The molecule has 1 saturated carbocycles. The maximum atomic E-state index is 13.9. The van der Waals surface area contributed by atoms with Crippen molar-refractivity contribution in [3.05, 3.63) is 46.3 Å². The third kappa shape index (κ3) is 6.68. The molecule has 37 heavy (non-hydrogen) atoms. The lowest BCUT2D eigenvalue weighted by atomic mass is 9.87. The first kappa shape index (κ1) is 28.2. The number of hydrogen-bond donors (Lipinski definition) is 4. The van der Waals surface area contributed by atoms with E-state index >= 15 is 0 Å². The highest BCUT2D eigenvalue weighted by molar-refractivity contribution is 7.08. The third-order valence-corrected chi connectivity index (χ3v) is 6.20. The van der Waals surface area contributed by atoms with Crippen LogP contribution < -0.4 is 16.4 Å². The Kier molecular flexibility index (Phi) is 8.32. The molecule has 0 saturated heterocycles. The van der Waals surface area contributed by atoms with Gasteiger partial charge in [-0.25, -0.2) is 26.9 Å². The Morgan fingerprint density at radius 2 is 1.84 bits per heavy atom. The van der Waals surface area contributed by atoms with Crippen molar-refractivity contribution in [2.24, 2.45) is 5.73 Å². The zero-order valence-electron chi connectivity index (χ0n) is 18.6. The van der Waals surface area contributed by atoms with Crippen LogP contribution in [0.3, 0.4) is 0 Å². The molecule has 3 heterocycles. The minimum Gasteiger partial charge on any atom is -0.475 e. The maximum Gasteiger partial charge on any atom is 0.490 e. The number of aromatic nitrogens is 2. The highest BCUT2D eigenvalue weighted by atomic mass is 32.1. The molecule has 3 aromatic heterocycles. The van der Waals surface area contributed by atoms with Crippen molar-refractivity contribution in [1.29, 1.82) is 0 Å². The first-order valence-corrected chi connectivity index (χ1v) is 11.5. The number of thiophene rings is 1. The van der Waals surface area contributed by atoms with Gasteiger partial charge in [0.25, 0.3) is 18.3 Å². The van der Waals surface area contributed by atoms with Gasteiger partial charge in [0.1, 0.15) is 11.5 Å². The van der Waals surface area contributed by atoms with Gasteiger partial charge in [-0.05, 0) is 37.1 Å². The molecule has 202 valence electrons.